The summed E-state index contributed by atoms with van der Waals surface area (Å²) in [5.41, 5.74) is 1.99. The van der Waals surface area contributed by atoms with Crippen LogP contribution in [0.5, 0.6) is 5.75 Å². The first-order valence-corrected chi connectivity index (χ1v) is 9.17. The van der Waals surface area contributed by atoms with Crippen molar-refractivity contribution in [2.24, 2.45) is 5.10 Å². The van der Waals surface area contributed by atoms with E-state index in [2.05, 4.69) is 5.10 Å². The lowest BCUT2D eigenvalue weighted by Gasteiger charge is -2.16. The van der Waals surface area contributed by atoms with Crippen LogP contribution in [0.4, 0.5) is 5.69 Å². The minimum Gasteiger partial charge on any atom is -0.434 e. The molecule has 0 spiro atoms. The van der Waals surface area contributed by atoms with Crippen molar-refractivity contribution in [2.45, 2.75) is 27.2 Å². The highest BCUT2D eigenvalue weighted by molar-refractivity contribution is 6.48. The van der Waals surface area contributed by atoms with Crippen LogP contribution in [0.1, 0.15) is 35.3 Å². The quantitative estimate of drug-likeness (QED) is 0.503. The summed E-state index contributed by atoms with van der Waals surface area (Å²) in [5, 5.41) is 5.94. The second-order valence-electron chi connectivity index (χ2n) is 6.75. The first-order valence-electron chi connectivity index (χ1n) is 9.17. The number of aryl methyl sites for hydroxylation is 2. The SMILES string of the molecule is CCc1cccc(N(/N=C2/Oc3ccc4c(C)cc(=O)oc4c3C2=O)C(C)=O)c1. The van der Waals surface area contributed by atoms with E-state index in [9.17, 15) is 14.4 Å². The van der Waals surface area contributed by atoms with Gasteiger partial charge in [-0.05, 0) is 48.7 Å². The number of anilines is 1. The zero-order chi connectivity index (χ0) is 20.7. The molecule has 3 aromatic rings. The van der Waals surface area contributed by atoms with E-state index >= 15 is 0 Å². The number of carbonyl (C=O) groups is 2. The van der Waals surface area contributed by atoms with E-state index in [1.165, 1.54) is 13.0 Å². The van der Waals surface area contributed by atoms with Gasteiger partial charge in [-0.15, -0.1) is 5.10 Å². The Bertz CT molecular complexity index is 1260. The summed E-state index contributed by atoms with van der Waals surface area (Å²) in [6, 6.07) is 12.0. The van der Waals surface area contributed by atoms with E-state index in [4.69, 9.17) is 9.15 Å². The first kappa shape index (κ1) is 18.6. The highest BCUT2D eigenvalue weighted by Gasteiger charge is 2.34. The lowest BCUT2D eigenvalue weighted by Crippen LogP contribution is -2.27. The molecule has 2 heterocycles. The lowest BCUT2D eigenvalue weighted by atomic mass is 10.0. The van der Waals surface area contributed by atoms with Crippen LogP contribution < -0.4 is 15.4 Å². The number of Topliss-reactive ketones (excluding diaryl/α,β-unsaturated/α-hetero) is 1. The Hall–Kier alpha value is -3.74. The number of rotatable bonds is 3. The monoisotopic (exact) mass is 390 g/mol. The summed E-state index contributed by atoms with van der Waals surface area (Å²) in [7, 11) is 0. The lowest BCUT2D eigenvalue weighted by molar-refractivity contribution is -0.116. The number of ether oxygens (including phenoxy) is 1. The highest BCUT2D eigenvalue weighted by Crippen LogP contribution is 2.34. The second-order valence-corrected chi connectivity index (χ2v) is 6.75. The molecule has 0 bridgehead atoms. The van der Waals surface area contributed by atoms with Crippen molar-refractivity contribution in [3.63, 3.8) is 0 Å². The van der Waals surface area contributed by atoms with Gasteiger partial charge in [0.25, 0.3) is 11.7 Å². The van der Waals surface area contributed by atoms with Crippen LogP contribution in [0.3, 0.4) is 0 Å². The summed E-state index contributed by atoms with van der Waals surface area (Å²) >= 11 is 0. The molecular weight excluding hydrogens is 372 g/mol. The molecule has 0 fully saturated rings. The molecule has 4 rings (SSSR count). The van der Waals surface area contributed by atoms with Gasteiger partial charge in [-0.25, -0.2) is 4.79 Å². The molecule has 0 unspecified atom stereocenters. The number of hydrazone groups is 1. The van der Waals surface area contributed by atoms with Gasteiger partial charge in [0.05, 0.1) is 5.69 Å². The topological polar surface area (TPSA) is 89.2 Å². The van der Waals surface area contributed by atoms with Gasteiger partial charge in [-0.2, -0.15) is 5.01 Å². The van der Waals surface area contributed by atoms with Crippen LogP contribution >= 0.6 is 0 Å². The number of fused-ring (bicyclic) bond motifs is 3. The summed E-state index contributed by atoms with van der Waals surface area (Å²) in [6.45, 7) is 5.12. The van der Waals surface area contributed by atoms with Crippen molar-refractivity contribution in [3.05, 3.63) is 69.6 Å². The fourth-order valence-electron chi connectivity index (χ4n) is 3.30. The fraction of sp³-hybridized carbons (Fsp3) is 0.182. The van der Waals surface area contributed by atoms with Crippen LogP contribution in [0.25, 0.3) is 11.0 Å². The number of benzene rings is 2. The molecule has 0 atom stereocenters. The molecule has 146 valence electrons. The van der Waals surface area contributed by atoms with Crippen molar-refractivity contribution in [1.29, 1.82) is 0 Å². The van der Waals surface area contributed by atoms with Crippen LogP contribution in [-0.4, -0.2) is 17.6 Å². The van der Waals surface area contributed by atoms with Crippen LogP contribution in [0.2, 0.25) is 0 Å². The summed E-state index contributed by atoms with van der Waals surface area (Å²) < 4.78 is 10.9. The Morgan fingerprint density at radius 1 is 1.14 bits per heavy atom. The van der Waals surface area contributed by atoms with Gasteiger partial charge in [0.1, 0.15) is 11.3 Å². The van der Waals surface area contributed by atoms with E-state index in [1.54, 1.807) is 25.1 Å². The maximum atomic E-state index is 13.0. The van der Waals surface area contributed by atoms with Gasteiger partial charge >= 0.3 is 5.63 Å². The van der Waals surface area contributed by atoms with Crippen molar-refractivity contribution in [2.75, 3.05) is 5.01 Å². The molecule has 1 aliphatic rings. The minimum atomic E-state index is -0.552. The average Bonchev–Trinajstić information content (AvgIpc) is 3.01. The van der Waals surface area contributed by atoms with Crippen molar-refractivity contribution < 1.29 is 18.7 Å². The predicted molar refractivity (Wildman–Crippen MR) is 109 cm³/mol. The molecule has 1 aromatic heterocycles. The molecule has 0 saturated heterocycles. The van der Waals surface area contributed by atoms with Gasteiger partial charge in [0.15, 0.2) is 5.58 Å². The number of nitrogens with zero attached hydrogens (tertiary/aromatic N) is 2. The first-order chi connectivity index (χ1) is 13.9. The van der Waals surface area contributed by atoms with Gasteiger partial charge in [0, 0.05) is 18.4 Å². The predicted octanol–water partition coefficient (Wildman–Crippen LogP) is 3.61. The highest BCUT2D eigenvalue weighted by atomic mass is 16.5. The Labute approximate surface area is 166 Å². The molecule has 0 aliphatic carbocycles. The number of hydrogen-bond donors (Lipinski definition) is 0. The van der Waals surface area contributed by atoms with Gasteiger partial charge in [0.2, 0.25) is 5.91 Å². The maximum absolute atomic E-state index is 13.0. The van der Waals surface area contributed by atoms with E-state index in [1.807, 2.05) is 25.1 Å². The Balaban J connectivity index is 1.81. The average molecular weight is 390 g/mol. The smallest absolute Gasteiger partial charge is 0.336 e. The normalized spacial score (nSPS) is 14.2. The number of carbonyl (C=O) groups excluding carboxylic acids is 2. The van der Waals surface area contributed by atoms with E-state index in [0.29, 0.717) is 16.6 Å². The van der Waals surface area contributed by atoms with E-state index in [0.717, 1.165) is 17.0 Å². The van der Waals surface area contributed by atoms with E-state index in [-0.39, 0.29) is 28.7 Å². The Morgan fingerprint density at radius 3 is 2.66 bits per heavy atom. The molecular formula is C22H18N2O5. The van der Waals surface area contributed by atoms with Gasteiger partial charge in [-0.1, -0.05) is 19.1 Å². The van der Waals surface area contributed by atoms with Crippen LogP contribution in [0.15, 0.2) is 56.8 Å². The standard InChI is InChI=1S/C22H18N2O5/c1-4-14-6-5-7-15(11-14)24(13(3)25)23-22-20(27)19-17(28-22)9-8-16-12(2)10-18(26)29-21(16)19/h5-11H,4H2,1-3H3/b23-22+. The summed E-state index contributed by atoms with van der Waals surface area (Å²) in [5.74, 6) is -0.933. The molecule has 7 nitrogen and oxygen atoms in total. The maximum Gasteiger partial charge on any atom is 0.336 e. The number of amides is 1. The van der Waals surface area contributed by atoms with Crippen molar-refractivity contribution in [1.82, 2.24) is 0 Å². The molecule has 29 heavy (non-hydrogen) atoms. The van der Waals surface area contributed by atoms with Crippen molar-refractivity contribution >= 4 is 34.2 Å². The fourth-order valence-corrected chi connectivity index (χ4v) is 3.30. The third-order valence-electron chi connectivity index (χ3n) is 4.76. The third-order valence-corrected chi connectivity index (χ3v) is 4.76. The summed E-state index contributed by atoms with van der Waals surface area (Å²) in [6.07, 6.45) is 0.793. The molecule has 1 amide bonds. The van der Waals surface area contributed by atoms with E-state index < -0.39 is 11.4 Å². The molecule has 0 saturated carbocycles. The Kier molecular flexibility index (Phi) is 4.50. The van der Waals surface area contributed by atoms with Crippen LogP contribution in [-0.2, 0) is 11.2 Å². The summed E-state index contributed by atoms with van der Waals surface area (Å²) in [4.78, 5) is 37.0. The minimum absolute atomic E-state index is 0.132. The number of hydrogen-bond acceptors (Lipinski definition) is 6. The van der Waals surface area contributed by atoms with Gasteiger partial charge < -0.3 is 9.15 Å². The molecule has 0 N–H and O–H groups in total. The molecule has 1 aliphatic heterocycles. The second kappa shape index (κ2) is 7.01. The zero-order valence-electron chi connectivity index (χ0n) is 16.2. The zero-order valence-corrected chi connectivity index (χ0v) is 16.2. The third kappa shape index (κ3) is 3.20. The van der Waals surface area contributed by atoms with Crippen LogP contribution in [0, 0.1) is 6.92 Å². The molecule has 2 aromatic carbocycles. The largest absolute Gasteiger partial charge is 0.434 e. The van der Waals surface area contributed by atoms with Gasteiger partial charge in [-0.3, -0.25) is 9.59 Å². The molecule has 0 radical (unpaired) electrons. The van der Waals surface area contributed by atoms with Crippen molar-refractivity contribution in [3.8, 4) is 5.75 Å². The number of ketones is 1. The molecule has 7 heteroatoms. The Morgan fingerprint density at radius 2 is 1.93 bits per heavy atom.